The molecule has 0 saturated carbocycles. The summed E-state index contributed by atoms with van der Waals surface area (Å²) < 4.78 is 0. The maximum absolute atomic E-state index is 14.0. The number of nitrogens with one attached hydrogen (secondary N) is 9. The van der Waals surface area contributed by atoms with Crippen molar-refractivity contribution in [2.24, 2.45) is 17.4 Å². The highest BCUT2D eigenvalue weighted by Gasteiger charge is 2.35. The molecule has 0 aliphatic rings. The number of carboxylic acids is 4. The summed E-state index contributed by atoms with van der Waals surface area (Å²) in [4.78, 5) is 169. The lowest BCUT2D eigenvalue weighted by Gasteiger charge is -2.27. The molecule has 0 bridgehead atoms. The number of aliphatic hydroxyl groups is 2. The highest BCUT2D eigenvalue weighted by Crippen LogP contribution is 2.14. The highest BCUT2D eigenvalue weighted by atomic mass is 16.4. The number of aliphatic carboxylic acids is 4. The maximum atomic E-state index is 14.0. The Bertz CT molecular complexity index is 2560. The van der Waals surface area contributed by atoms with E-state index in [1.54, 1.807) is 30.3 Å². The number of carbonyl (C=O) groups is 13. The summed E-state index contributed by atoms with van der Waals surface area (Å²) >= 11 is 0. The smallest absolute Gasteiger partial charge is 0.326 e. The molecule has 31 nitrogen and oxygen atoms in total. The van der Waals surface area contributed by atoms with E-state index in [9.17, 15) is 98.1 Å². The fraction of sp³-hybridized carbons (Fsp3) is 0.519. The first-order valence-electron chi connectivity index (χ1n) is 26.3. The Morgan fingerprint density at radius 2 is 0.855 bits per heavy atom. The number of benzene rings is 2. The Hall–Kier alpha value is -8.81. The summed E-state index contributed by atoms with van der Waals surface area (Å²) in [5.74, 6) is -16.1. The van der Waals surface area contributed by atoms with Crippen LogP contribution in [0.15, 0.2) is 54.6 Å². The van der Waals surface area contributed by atoms with Crippen LogP contribution < -0.4 is 59.3 Å². The number of phenols is 1. The Morgan fingerprint density at radius 3 is 1.30 bits per heavy atom. The quantitative estimate of drug-likeness (QED) is 0.0279. The first-order chi connectivity index (χ1) is 39.2. The molecule has 83 heavy (non-hydrogen) atoms. The number of aliphatic hydroxyl groups excluding tert-OH is 2. The molecule has 9 atom stereocenters. The molecule has 0 aliphatic heterocycles. The molecule has 9 amide bonds. The molecule has 2 aromatic rings. The third kappa shape index (κ3) is 26.6. The van der Waals surface area contributed by atoms with Gasteiger partial charge in [-0.1, -0.05) is 56.3 Å². The number of unbranched alkanes of at least 4 members (excludes halogenated alkanes) is 1. The average Bonchev–Trinajstić information content (AvgIpc) is 3.49. The van der Waals surface area contributed by atoms with E-state index in [1.807, 2.05) is 0 Å². The summed E-state index contributed by atoms with van der Waals surface area (Å²) in [6.45, 7) is 0.246. The number of rotatable bonds is 39. The van der Waals surface area contributed by atoms with Gasteiger partial charge in [0, 0.05) is 32.1 Å². The van der Waals surface area contributed by atoms with Crippen molar-refractivity contribution in [3.05, 3.63) is 65.7 Å². The van der Waals surface area contributed by atoms with Crippen LogP contribution in [-0.2, 0) is 75.2 Å². The molecule has 0 heterocycles. The van der Waals surface area contributed by atoms with E-state index >= 15 is 0 Å². The Balaban J connectivity index is 2.43. The molecule has 20 N–H and O–H groups in total. The number of carboxylic acid groups (broad SMARTS) is 4. The van der Waals surface area contributed by atoms with Gasteiger partial charge in [0.05, 0.1) is 19.8 Å². The Morgan fingerprint density at radius 1 is 0.458 bits per heavy atom. The minimum Gasteiger partial charge on any atom is -0.508 e. The molecule has 0 aliphatic carbocycles. The van der Waals surface area contributed by atoms with Gasteiger partial charge in [-0.15, -0.1) is 0 Å². The molecule has 0 saturated heterocycles. The van der Waals surface area contributed by atoms with Gasteiger partial charge in [0.25, 0.3) is 0 Å². The van der Waals surface area contributed by atoms with Gasteiger partial charge in [0.2, 0.25) is 53.2 Å². The lowest BCUT2D eigenvalue weighted by atomic mass is 10.0. The van der Waals surface area contributed by atoms with E-state index in [1.165, 1.54) is 38.1 Å². The summed E-state index contributed by atoms with van der Waals surface area (Å²) in [6, 6.07) is -1.20. The molecule has 2 rings (SSSR count). The highest BCUT2D eigenvalue weighted by molar-refractivity contribution is 5.98. The minimum atomic E-state index is -1.88. The first-order valence-corrected chi connectivity index (χ1v) is 26.3. The number of hydrogen-bond acceptors (Lipinski definition) is 18. The summed E-state index contributed by atoms with van der Waals surface area (Å²) in [7, 11) is 0. The van der Waals surface area contributed by atoms with Crippen LogP contribution in [0.25, 0.3) is 0 Å². The fourth-order valence-corrected chi connectivity index (χ4v) is 7.73. The topological polar surface area (TPSA) is 524 Å². The predicted octanol–water partition coefficient (Wildman–Crippen LogP) is -5.05. The fourth-order valence-electron chi connectivity index (χ4n) is 7.73. The normalized spacial score (nSPS) is 14.2. The average molecular weight is 1170 g/mol. The first kappa shape index (κ1) is 70.3. The Labute approximate surface area is 475 Å². The third-order valence-electron chi connectivity index (χ3n) is 12.4. The van der Waals surface area contributed by atoms with Crippen LogP contribution >= 0.6 is 0 Å². The van der Waals surface area contributed by atoms with E-state index in [0.717, 1.165) is 0 Å². The van der Waals surface area contributed by atoms with E-state index < -0.39 is 196 Å². The van der Waals surface area contributed by atoms with Gasteiger partial charge in [-0.2, -0.15) is 0 Å². The number of amides is 9. The maximum Gasteiger partial charge on any atom is 0.326 e. The molecular weight excluding hydrogens is 1100 g/mol. The Kier molecular flexibility index (Phi) is 30.9. The van der Waals surface area contributed by atoms with Crippen molar-refractivity contribution in [3.63, 3.8) is 0 Å². The number of hydrogen-bond donors (Lipinski definition) is 18. The van der Waals surface area contributed by atoms with E-state index in [2.05, 4.69) is 47.9 Å². The van der Waals surface area contributed by atoms with Gasteiger partial charge >= 0.3 is 23.9 Å². The standard InChI is InChI=1S/C52H75N11O20/c1-27(2)43(52(82)83)63-49(79)35(17-20-42(72)73)59-51(81)38(26-65)62-50(80)37(22-28-8-4-3-5-9-28)61-47(77)33(15-18-40(68)69)56-39(67)24-55-45(75)36(23-29-11-13-30(66)14-12-29)60-46(76)32(10-6-7-21-53)58-48(78)34(16-19-41(70)71)57-44(74)31(54)25-64/h3-5,8-9,11-14,27,31-38,43,64-66H,6-7,10,15-26,53-54H2,1-2H3,(H,55,75)(H,56,67)(H,57,74)(H,58,78)(H,59,81)(H,60,76)(H,61,77)(H,62,80)(H,63,79)(H,68,69)(H,70,71)(H,72,73)(H,82,83)/t31-,32-,33-,34-,35-,36-,37-,38-,43-/m0/s1. The van der Waals surface area contributed by atoms with Gasteiger partial charge in [-0.05, 0) is 74.2 Å². The van der Waals surface area contributed by atoms with Crippen molar-refractivity contribution in [1.82, 2.24) is 47.9 Å². The zero-order valence-electron chi connectivity index (χ0n) is 45.7. The summed E-state index contributed by atoms with van der Waals surface area (Å²) in [5, 5.41) is 88.1. The van der Waals surface area contributed by atoms with Crippen LogP contribution in [0.5, 0.6) is 5.75 Å². The van der Waals surface area contributed by atoms with Gasteiger partial charge in [-0.25, -0.2) is 4.79 Å². The molecule has 2 aromatic carbocycles. The lowest BCUT2D eigenvalue weighted by Crippen LogP contribution is -2.60. The van der Waals surface area contributed by atoms with Crippen LogP contribution in [-0.4, -0.2) is 193 Å². The molecule has 0 aromatic heterocycles. The van der Waals surface area contributed by atoms with Crippen LogP contribution in [0.3, 0.4) is 0 Å². The number of phenolic OH excluding ortho intramolecular Hbond substituents is 1. The number of carbonyl (C=O) groups excluding carboxylic acids is 9. The van der Waals surface area contributed by atoms with Crippen LogP contribution in [0, 0.1) is 5.92 Å². The second-order valence-corrected chi connectivity index (χ2v) is 19.4. The zero-order valence-corrected chi connectivity index (χ0v) is 45.7. The zero-order chi connectivity index (χ0) is 62.3. The third-order valence-corrected chi connectivity index (χ3v) is 12.4. The van der Waals surface area contributed by atoms with Crippen LogP contribution in [0.1, 0.15) is 82.8 Å². The number of nitrogens with two attached hydrogens (primary N) is 2. The van der Waals surface area contributed by atoms with E-state index in [0.29, 0.717) is 17.5 Å². The second kappa shape index (κ2) is 36.5. The van der Waals surface area contributed by atoms with Crippen molar-refractivity contribution in [1.29, 1.82) is 0 Å². The van der Waals surface area contributed by atoms with Crippen LogP contribution in [0.2, 0.25) is 0 Å². The van der Waals surface area contributed by atoms with Gasteiger partial charge in [0.1, 0.15) is 60.1 Å². The summed E-state index contributed by atoms with van der Waals surface area (Å²) in [5.41, 5.74) is 12.0. The van der Waals surface area contributed by atoms with E-state index in [-0.39, 0.29) is 38.0 Å². The lowest BCUT2D eigenvalue weighted by molar-refractivity contribution is -0.144. The number of aromatic hydroxyl groups is 1. The van der Waals surface area contributed by atoms with Crippen molar-refractivity contribution in [3.8, 4) is 5.75 Å². The van der Waals surface area contributed by atoms with Crippen molar-refractivity contribution in [2.75, 3.05) is 26.3 Å². The van der Waals surface area contributed by atoms with E-state index in [4.69, 9.17) is 11.5 Å². The summed E-state index contributed by atoms with van der Waals surface area (Å²) in [6.07, 6.45) is -3.79. The monoisotopic (exact) mass is 1170 g/mol. The largest absolute Gasteiger partial charge is 0.508 e. The molecule has 0 unspecified atom stereocenters. The van der Waals surface area contributed by atoms with Crippen molar-refractivity contribution < 1.29 is 98.1 Å². The van der Waals surface area contributed by atoms with Gasteiger partial charge in [-0.3, -0.25) is 57.5 Å². The molecule has 0 radical (unpaired) electrons. The van der Waals surface area contributed by atoms with Crippen LogP contribution in [0.4, 0.5) is 0 Å². The molecule has 458 valence electrons. The van der Waals surface area contributed by atoms with Gasteiger partial charge in [0.15, 0.2) is 0 Å². The van der Waals surface area contributed by atoms with Crippen molar-refractivity contribution in [2.45, 2.75) is 139 Å². The molecule has 0 spiro atoms. The van der Waals surface area contributed by atoms with Crippen molar-refractivity contribution >= 4 is 77.0 Å². The molecular formula is C52H75N11O20. The second-order valence-electron chi connectivity index (χ2n) is 19.4. The molecule has 31 heteroatoms. The SMILES string of the molecule is CC(C)[C@H](NC(=O)[C@H](CCC(=O)O)NC(=O)[C@H](CO)NC(=O)[C@H](Cc1ccccc1)NC(=O)[C@H](CCC(=O)O)NC(=O)CNC(=O)[C@H](Cc1ccc(O)cc1)NC(=O)[C@H](CCCCN)NC(=O)[C@H](CCC(=O)O)NC(=O)[C@@H](N)CO)C(=O)O. The van der Waals surface area contributed by atoms with Gasteiger partial charge < -0.3 is 95.1 Å². The minimum absolute atomic E-state index is 0.0985. The molecule has 0 fully saturated rings. The predicted molar refractivity (Wildman–Crippen MR) is 289 cm³/mol.